The van der Waals surface area contributed by atoms with Crippen molar-refractivity contribution in [2.45, 2.75) is 33.6 Å². The van der Waals surface area contributed by atoms with Crippen LogP contribution in [0.5, 0.6) is 0 Å². The molecule has 2 aliphatic rings. The molecule has 2 saturated carbocycles. The first kappa shape index (κ1) is 14.4. The maximum absolute atomic E-state index is 12.6. The molecule has 19 heavy (non-hydrogen) atoms. The van der Waals surface area contributed by atoms with Crippen molar-refractivity contribution in [1.82, 2.24) is 0 Å². The summed E-state index contributed by atoms with van der Waals surface area (Å²) in [5.74, 6) is 0.822. The zero-order valence-corrected chi connectivity index (χ0v) is 12.9. The number of Topliss-reactive ketones (excluding diaryl/α,β-unsaturated/α-hetero) is 1. The van der Waals surface area contributed by atoms with Crippen molar-refractivity contribution >= 4 is 25.4 Å². The Morgan fingerprint density at radius 2 is 1.79 bits per heavy atom. The number of benzene rings is 1. The van der Waals surface area contributed by atoms with Gasteiger partial charge in [0.2, 0.25) is 0 Å². The van der Waals surface area contributed by atoms with Gasteiger partial charge in [0.1, 0.15) is 0 Å². The van der Waals surface area contributed by atoms with Crippen LogP contribution >= 0.6 is 13.5 Å². The molecule has 102 valence electrons. The molecule has 1 aromatic rings. The van der Waals surface area contributed by atoms with Crippen molar-refractivity contribution in [3.8, 4) is 0 Å². The molecule has 2 aliphatic carbocycles. The van der Waals surface area contributed by atoms with Gasteiger partial charge in [0.25, 0.3) is 0 Å². The first-order chi connectivity index (χ1) is 8.47. The predicted octanol–water partition coefficient (Wildman–Crippen LogP) is 4.21. The lowest BCUT2D eigenvalue weighted by atomic mass is 9.70. The van der Waals surface area contributed by atoms with Crippen LogP contribution in [0.4, 0.5) is 0 Å². The molecular weight excluding hydrogens is 252 g/mol. The van der Waals surface area contributed by atoms with Gasteiger partial charge in [0.15, 0.2) is 5.78 Å². The monoisotopic (exact) mass is 274 g/mol. The van der Waals surface area contributed by atoms with E-state index in [1.807, 2.05) is 18.2 Å². The summed E-state index contributed by atoms with van der Waals surface area (Å²) in [5, 5.41) is 0. The molecule has 2 unspecified atom stereocenters. The lowest BCUT2D eigenvalue weighted by molar-refractivity contribution is -0.125. The van der Waals surface area contributed by atoms with Gasteiger partial charge in [-0.15, -0.1) is 0 Å². The van der Waals surface area contributed by atoms with Gasteiger partial charge < -0.3 is 0 Å². The van der Waals surface area contributed by atoms with Gasteiger partial charge in [-0.05, 0) is 41.4 Å². The van der Waals surface area contributed by atoms with E-state index in [1.54, 1.807) is 0 Å². The molecule has 0 N–H and O–H groups in total. The molecule has 2 fully saturated rings. The number of hydrogen-bond acceptors (Lipinski definition) is 1. The quantitative estimate of drug-likeness (QED) is 0.701. The molecule has 0 spiro atoms. The summed E-state index contributed by atoms with van der Waals surface area (Å²) in [6, 6.07) is 10.2. The van der Waals surface area contributed by atoms with E-state index in [0.717, 1.165) is 24.0 Å². The Hall–Kier alpha value is -1.02. The minimum atomic E-state index is -0.141. The number of allylic oxidation sites excluding steroid dienone is 1. The highest BCUT2D eigenvalue weighted by Gasteiger charge is 2.63. The van der Waals surface area contributed by atoms with E-state index in [4.69, 9.17) is 0 Å². The van der Waals surface area contributed by atoms with E-state index in [0.29, 0.717) is 11.7 Å². The largest absolute Gasteiger partial charge is 0.294 e. The van der Waals surface area contributed by atoms with E-state index >= 15 is 0 Å². The van der Waals surface area contributed by atoms with E-state index in [2.05, 4.69) is 39.0 Å². The normalized spacial score (nSPS) is 33.5. The highest BCUT2D eigenvalue weighted by atomic mass is 32.1. The number of fused-ring (bicyclic) bond motifs is 2. The molecule has 1 nitrogen and oxygen atoms in total. The summed E-state index contributed by atoms with van der Waals surface area (Å²) in [5.41, 5.74) is 2.18. The van der Waals surface area contributed by atoms with Crippen molar-refractivity contribution in [1.29, 1.82) is 0 Å². The van der Waals surface area contributed by atoms with Crippen LogP contribution in [0.2, 0.25) is 0 Å². The standard InChI is InChI=1S/C17H20O.H2S/c1-16(2)14-9-10-17(16,3)15(18)13(14)11-12-7-5-4-6-8-12;/h4-8,11,14H,9-10H2,1-3H3;1H2. The number of carbonyl (C=O) groups excluding carboxylic acids is 1. The average molecular weight is 274 g/mol. The Bertz CT molecular complexity index is 529. The molecule has 0 heterocycles. The molecule has 2 atom stereocenters. The molecule has 0 amide bonds. The lowest BCUT2D eigenvalue weighted by Crippen LogP contribution is -2.32. The van der Waals surface area contributed by atoms with E-state index in [9.17, 15) is 4.79 Å². The van der Waals surface area contributed by atoms with Crippen LogP contribution in [0.15, 0.2) is 35.9 Å². The fraction of sp³-hybridized carbons (Fsp3) is 0.471. The molecule has 0 radical (unpaired) electrons. The zero-order valence-electron chi connectivity index (χ0n) is 11.9. The SMILES string of the molecule is CC12CCC(C(=Cc3ccccc3)C1=O)C2(C)C.S. The van der Waals surface area contributed by atoms with Crippen molar-refractivity contribution in [3.05, 3.63) is 41.5 Å². The van der Waals surface area contributed by atoms with Crippen molar-refractivity contribution in [2.24, 2.45) is 16.7 Å². The Balaban J connectivity index is 0.00000133. The number of hydrogen-bond donors (Lipinski definition) is 0. The van der Waals surface area contributed by atoms with Gasteiger partial charge in [0.05, 0.1) is 0 Å². The average Bonchev–Trinajstić information content (AvgIpc) is 2.65. The second-order valence-corrected chi connectivity index (χ2v) is 6.48. The second-order valence-electron chi connectivity index (χ2n) is 6.48. The molecular formula is C17H22OS. The minimum Gasteiger partial charge on any atom is -0.294 e. The van der Waals surface area contributed by atoms with Crippen LogP contribution in [0.1, 0.15) is 39.2 Å². The van der Waals surface area contributed by atoms with E-state index < -0.39 is 0 Å². The Kier molecular flexibility index (Phi) is 3.42. The third-order valence-corrected chi connectivity index (χ3v) is 5.49. The Morgan fingerprint density at radius 1 is 1.16 bits per heavy atom. The third-order valence-electron chi connectivity index (χ3n) is 5.49. The van der Waals surface area contributed by atoms with Crippen LogP contribution in [0.3, 0.4) is 0 Å². The van der Waals surface area contributed by atoms with Crippen LogP contribution in [-0.4, -0.2) is 5.78 Å². The fourth-order valence-electron chi connectivity index (χ4n) is 3.82. The van der Waals surface area contributed by atoms with Crippen molar-refractivity contribution < 1.29 is 4.79 Å². The van der Waals surface area contributed by atoms with E-state index in [1.165, 1.54) is 0 Å². The second kappa shape index (κ2) is 4.52. The maximum atomic E-state index is 12.6. The third kappa shape index (κ3) is 1.80. The first-order valence-corrected chi connectivity index (χ1v) is 6.78. The number of ketones is 1. The first-order valence-electron chi connectivity index (χ1n) is 6.78. The van der Waals surface area contributed by atoms with Gasteiger partial charge in [0, 0.05) is 5.41 Å². The molecule has 3 rings (SSSR count). The van der Waals surface area contributed by atoms with E-state index in [-0.39, 0.29) is 24.3 Å². The smallest absolute Gasteiger partial charge is 0.165 e. The molecule has 0 aliphatic heterocycles. The summed E-state index contributed by atoms with van der Waals surface area (Å²) in [6.07, 6.45) is 4.32. The van der Waals surface area contributed by atoms with Crippen molar-refractivity contribution in [2.75, 3.05) is 0 Å². The van der Waals surface area contributed by atoms with Crippen molar-refractivity contribution in [3.63, 3.8) is 0 Å². The highest BCUT2D eigenvalue weighted by Crippen LogP contribution is 2.65. The minimum absolute atomic E-state index is 0. The van der Waals surface area contributed by atoms with Gasteiger partial charge in [-0.3, -0.25) is 4.79 Å². The van der Waals surface area contributed by atoms with Gasteiger partial charge in [-0.25, -0.2) is 0 Å². The zero-order chi connectivity index (χ0) is 13.0. The summed E-state index contributed by atoms with van der Waals surface area (Å²) in [4.78, 5) is 12.6. The fourth-order valence-corrected chi connectivity index (χ4v) is 3.82. The molecule has 2 bridgehead atoms. The Morgan fingerprint density at radius 3 is 2.32 bits per heavy atom. The van der Waals surface area contributed by atoms with Crippen LogP contribution in [0.25, 0.3) is 6.08 Å². The number of rotatable bonds is 1. The molecule has 2 heteroatoms. The lowest BCUT2D eigenvalue weighted by Gasteiger charge is -2.31. The molecule has 0 saturated heterocycles. The summed E-state index contributed by atoms with van der Waals surface area (Å²) in [6.45, 7) is 6.67. The summed E-state index contributed by atoms with van der Waals surface area (Å²) >= 11 is 0. The molecule has 1 aromatic carbocycles. The summed E-state index contributed by atoms with van der Waals surface area (Å²) < 4.78 is 0. The highest BCUT2D eigenvalue weighted by molar-refractivity contribution is 7.59. The number of carbonyl (C=O) groups is 1. The Labute approximate surface area is 122 Å². The van der Waals surface area contributed by atoms with Crippen LogP contribution in [-0.2, 0) is 4.79 Å². The predicted molar refractivity (Wildman–Crippen MR) is 84.4 cm³/mol. The maximum Gasteiger partial charge on any atom is 0.165 e. The van der Waals surface area contributed by atoms with Gasteiger partial charge in [-0.2, -0.15) is 13.5 Å². The van der Waals surface area contributed by atoms with Gasteiger partial charge >= 0.3 is 0 Å². The van der Waals surface area contributed by atoms with Crippen LogP contribution in [0, 0.1) is 16.7 Å². The van der Waals surface area contributed by atoms with Crippen LogP contribution < -0.4 is 0 Å². The molecule has 0 aromatic heterocycles. The van der Waals surface area contributed by atoms with Gasteiger partial charge in [-0.1, -0.05) is 51.1 Å². The topological polar surface area (TPSA) is 17.1 Å². The summed E-state index contributed by atoms with van der Waals surface area (Å²) in [7, 11) is 0.